The zero-order valence-corrected chi connectivity index (χ0v) is 23.1. The molecular weight excluding hydrogens is 422 g/mol. The fourth-order valence-corrected chi connectivity index (χ4v) is 6.36. The minimum atomic E-state index is 0.107. The van der Waals surface area contributed by atoms with Gasteiger partial charge in [-0.1, -0.05) is 77.8 Å². The Kier molecular flexibility index (Phi) is 12.3. The molecule has 0 atom stereocenters. The third-order valence-electron chi connectivity index (χ3n) is 7.89. The molecule has 0 N–H and O–H groups in total. The Labute approximate surface area is 209 Å². The Morgan fingerprint density at radius 1 is 1.09 bits per heavy atom. The molecule has 0 saturated carbocycles. The highest BCUT2D eigenvalue weighted by atomic mass is 32.2. The van der Waals surface area contributed by atoms with Crippen molar-refractivity contribution in [1.29, 1.82) is 0 Å². The Morgan fingerprint density at radius 3 is 2.24 bits per heavy atom. The third kappa shape index (κ3) is 7.72. The number of ketones is 1. The number of rotatable bonds is 6. The standard InChI is InChI=1S/C22H29NOS.C6H14.C2H6/c1-17(24)20-16-22(21-5-3-2-4-19(20)21)9-12-23(13-10-22)11-6-18-7-14-25-15-8-18;1-4-6(3)5-2;1-2/h2-5,16,18H,6-15H2,1H3;6H,4-5H2,1-3H3;1-2H3. The topological polar surface area (TPSA) is 20.3 Å². The molecule has 4 rings (SSSR count). The number of allylic oxidation sites excluding steroid dienone is 2. The van der Waals surface area contributed by atoms with Crippen LogP contribution >= 0.6 is 11.8 Å². The molecule has 2 heterocycles. The van der Waals surface area contributed by atoms with Gasteiger partial charge in [-0.3, -0.25) is 4.79 Å². The molecule has 3 aliphatic rings. The average molecular weight is 472 g/mol. The molecule has 33 heavy (non-hydrogen) atoms. The van der Waals surface area contributed by atoms with E-state index in [1.54, 1.807) is 6.92 Å². The van der Waals surface area contributed by atoms with Gasteiger partial charge >= 0.3 is 0 Å². The summed E-state index contributed by atoms with van der Waals surface area (Å²) in [4.78, 5) is 14.8. The monoisotopic (exact) mass is 471 g/mol. The lowest BCUT2D eigenvalue weighted by Gasteiger charge is -2.39. The summed E-state index contributed by atoms with van der Waals surface area (Å²) < 4.78 is 0. The molecule has 1 aliphatic carbocycles. The van der Waals surface area contributed by atoms with E-state index in [0.717, 1.165) is 43.3 Å². The molecule has 0 amide bonds. The quantitative estimate of drug-likeness (QED) is 0.419. The van der Waals surface area contributed by atoms with E-state index < -0.39 is 0 Å². The lowest BCUT2D eigenvalue weighted by atomic mass is 9.74. The molecular formula is C30H49NOS. The first-order chi connectivity index (χ1) is 16.0. The number of carbonyl (C=O) groups is 1. The van der Waals surface area contributed by atoms with Crippen LogP contribution in [0.3, 0.4) is 0 Å². The van der Waals surface area contributed by atoms with Crippen LogP contribution < -0.4 is 0 Å². The van der Waals surface area contributed by atoms with Crippen molar-refractivity contribution >= 4 is 23.1 Å². The van der Waals surface area contributed by atoms with E-state index in [1.165, 1.54) is 61.3 Å². The maximum atomic E-state index is 12.1. The minimum absolute atomic E-state index is 0.107. The molecule has 186 valence electrons. The molecule has 2 saturated heterocycles. The first kappa shape index (κ1) is 28.2. The fraction of sp³-hybridized carbons (Fsp3) is 0.700. The van der Waals surface area contributed by atoms with E-state index in [-0.39, 0.29) is 11.2 Å². The fourth-order valence-electron chi connectivity index (χ4n) is 5.15. The van der Waals surface area contributed by atoms with Crippen molar-refractivity contribution in [3.8, 4) is 0 Å². The lowest BCUT2D eigenvalue weighted by molar-refractivity contribution is -0.111. The van der Waals surface area contributed by atoms with E-state index in [4.69, 9.17) is 0 Å². The highest BCUT2D eigenvalue weighted by Crippen LogP contribution is 2.47. The maximum absolute atomic E-state index is 12.1. The summed E-state index contributed by atoms with van der Waals surface area (Å²) in [6.07, 6.45) is 11.5. The first-order valence-electron chi connectivity index (χ1n) is 13.6. The van der Waals surface area contributed by atoms with E-state index in [0.29, 0.717) is 0 Å². The SMILES string of the molecule is CC.CC(=O)C1=CC2(CCN(CCC3CCSCC3)CC2)c2ccccc21.CCC(C)CC. The first-order valence-corrected chi connectivity index (χ1v) is 14.8. The van der Waals surface area contributed by atoms with Gasteiger partial charge in [0.15, 0.2) is 5.78 Å². The van der Waals surface area contributed by atoms with Crippen LogP contribution in [0.1, 0.15) is 97.6 Å². The van der Waals surface area contributed by atoms with Crippen molar-refractivity contribution in [2.24, 2.45) is 11.8 Å². The lowest BCUT2D eigenvalue weighted by Crippen LogP contribution is -2.41. The van der Waals surface area contributed by atoms with Gasteiger partial charge in [-0.25, -0.2) is 0 Å². The molecule has 3 heteroatoms. The van der Waals surface area contributed by atoms with E-state index in [1.807, 2.05) is 13.8 Å². The summed E-state index contributed by atoms with van der Waals surface area (Å²) in [5, 5.41) is 0. The molecule has 2 fully saturated rings. The summed E-state index contributed by atoms with van der Waals surface area (Å²) >= 11 is 2.12. The van der Waals surface area contributed by atoms with Crippen LogP contribution in [0, 0.1) is 11.8 Å². The van der Waals surface area contributed by atoms with Crippen LogP contribution in [-0.2, 0) is 10.2 Å². The smallest absolute Gasteiger partial charge is 0.160 e. The number of Topliss-reactive ketones (excluding diaryl/α,β-unsaturated/α-hetero) is 1. The summed E-state index contributed by atoms with van der Waals surface area (Å²) in [6.45, 7) is 16.0. The largest absolute Gasteiger partial charge is 0.303 e. The van der Waals surface area contributed by atoms with Gasteiger partial charge in [0.2, 0.25) is 0 Å². The molecule has 0 bridgehead atoms. The summed E-state index contributed by atoms with van der Waals surface area (Å²) in [7, 11) is 0. The van der Waals surface area contributed by atoms with E-state index in [2.05, 4.69) is 67.8 Å². The minimum Gasteiger partial charge on any atom is -0.303 e. The summed E-state index contributed by atoms with van der Waals surface area (Å²) in [6, 6.07) is 8.57. The highest BCUT2D eigenvalue weighted by Gasteiger charge is 2.41. The van der Waals surface area contributed by atoms with Crippen LogP contribution in [-0.4, -0.2) is 41.8 Å². The van der Waals surface area contributed by atoms with Gasteiger partial charge in [0.25, 0.3) is 0 Å². The van der Waals surface area contributed by atoms with Crippen LogP contribution in [0.2, 0.25) is 0 Å². The van der Waals surface area contributed by atoms with Gasteiger partial charge < -0.3 is 4.90 Å². The zero-order chi connectivity index (χ0) is 24.3. The van der Waals surface area contributed by atoms with Gasteiger partial charge in [0.1, 0.15) is 0 Å². The Balaban J connectivity index is 0.000000421. The molecule has 0 unspecified atom stereocenters. The zero-order valence-electron chi connectivity index (χ0n) is 22.3. The molecule has 0 aromatic heterocycles. The van der Waals surface area contributed by atoms with Crippen LogP contribution in [0.15, 0.2) is 30.3 Å². The molecule has 1 aromatic rings. The molecule has 2 aliphatic heterocycles. The maximum Gasteiger partial charge on any atom is 0.160 e. The van der Waals surface area contributed by atoms with Crippen molar-refractivity contribution in [3.63, 3.8) is 0 Å². The van der Waals surface area contributed by atoms with Gasteiger partial charge in [-0.2, -0.15) is 11.8 Å². The van der Waals surface area contributed by atoms with Gasteiger partial charge in [-0.15, -0.1) is 0 Å². The molecule has 1 spiro atoms. The second-order valence-electron chi connectivity index (χ2n) is 9.92. The van der Waals surface area contributed by atoms with Crippen LogP contribution in [0.5, 0.6) is 0 Å². The number of thioether (sulfide) groups is 1. The second-order valence-corrected chi connectivity index (χ2v) is 11.1. The normalized spacial score (nSPS) is 19.8. The van der Waals surface area contributed by atoms with E-state index >= 15 is 0 Å². The van der Waals surface area contributed by atoms with Crippen LogP contribution in [0.4, 0.5) is 0 Å². The van der Waals surface area contributed by atoms with Gasteiger partial charge in [0.05, 0.1) is 0 Å². The van der Waals surface area contributed by atoms with Crippen molar-refractivity contribution in [1.82, 2.24) is 4.90 Å². The number of fused-ring (bicyclic) bond motifs is 2. The van der Waals surface area contributed by atoms with Crippen molar-refractivity contribution in [3.05, 3.63) is 41.5 Å². The Bertz CT molecular complexity index is 737. The Hall–Kier alpha value is -1.06. The number of likely N-dealkylation sites (tertiary alicyclic amines) is 1. The predicted octanol–water partition coefficient (Wildman–Crippen LogP) is 8.01. The number of nitrogens with zero attached hydrogens (tertiary/aromatic N) is 1. The van der Waals surface area contributed by atoms with Crippen molar-refractivity contribution < 1.29 is 4.79 Å². The number of carbonyl (C=O) groups excluding carboxylic acids is 1. The molecule has 1 aromatic carbocycles. The van der Waals surface area contributed by atoms with Gasteiger partial charge in [-0.05, 0) is 93.1 Å². The van der Waals surface area contributed by atoms with E-state index in [9.17, 15) is 4.79 Å². The predicted molar refractivity (Wildman–Crippen MR) is 148 cm³/mol. The third-order valence-corrected chi connectivity index (χ3v) is 8.94. The average Bonchev–Trinajstić information content (AvgIpc) is 3.20. The molecule has 0 radical (unpaired) electrons. The number of hydrogen-bond donors (Lipinski definition) is 0. The summed E-state index contributed by atoms with van der Waals surface area (Å²) in [5.41, 5.74) is 3.63. The van der Waals surface area contributed by atoms with Gasteiger partial charge in [0, 0.05) is 11.0 Å². The summed E-state index contributed by atoms with van der Waals surface area (Å²) in [5.74, 6) is 4.83. The number of piperidine rings is 1. The van der Waals surface area contributed by atoms with Crippen LogP contribution in [0.25, 0.3) is 5.57 Å². The van der Waals surface area contributed by atoms with Crippen molar-refractivity contribution in [2.45, 2.75) is 91.9 Å². The highest BCUT2D eigenvalue weighted by molar-refractivity contribution is 7.99. The number of benzene rings is 1. The second kappa shape index (κ2) is 14.4. The molecule has 2 nitrogen and oxygen atoms in total. The number of hydrogen-bond acceptors (Lipinski definition) is 3. The Morgan fingerprint density at radius 2 is 1.70 bits per heavy atom. The van der Waals surface area contributed by atoms with Crippen molar-refractivity contribution in [2.75, 3.05) is 31.1 Å².